The molecule has 21 heavy (non-hydrogen) atoms. The molecule has 0 amide bonds. The number of ether oxygens (including phenoxy) is 1. The van der Waals surface area contributed by atoms with Crippen LogP contribution in [0.2, 0.25) is 0 Å². The van der Waals surface area contributed by atoms with Crippen LogP contribution in [0, 0.1) is 6.92 Å². The van der Waals surface area contributed by atoms with Crippen LogP contribution in [0.4, 0.5) is 0 Å². The lowest BCUT2D eigenvalue weighted by Crippen LogP contribution is -2.04. The number of carbonyl (C=O) groups excluding carboxylic acids is 1. The molecule has 0 aliphatic carbocycles. The summed E-state index contributed by atoms with van der Waals surface area (Å²) in [5.41, 5.74) is 2.97. The summed E-state index contributed by atoms with van der Waals surface area (Å²) in [7, 11) is 0. The molecular weight excluding hydrogens is 282 g/mol. The van der Waals surface area contributed by atoms with Crippen molar-refractivity contribution in [2.75, 3.05) is 6.61 Å². The highest BCUT2D eigenvalue weighted by Crippen LogP contribution is 2.27. The number of rotatable bonds is 6. The summed E-state index contributed by atoms with van der Waals surface area (Å²) in [5, 5.41) is 2.75. The summed E-state index contributed by atoms with van der Waals surface area (Å²) in [4.78, 5) is 15.5. The molecule has 3 nitrogen and oxygen atoms in total. The molecule has 0 spiro atoms. The van der Waals surface area contributed by atoms with Gasteiger partial charge in [-0.1, -0.05) is 26.0 Å². The quantitative estimate of drug-likeness (QED) is 0.743. The molecule has 0 N–H and O–H groups in total. The first-order chi connectivity index (χ1) is 9.97. The summed E-state index contributed by atoms with van der Waals surface area (Å²) >= 11 is 1.51. The molecule has 112 valence electrons. The highest BCUT2D eigenvalue weighted by molar-refractivity contribution is 7.09. The zero-order valence-electron chi connectivity index (χ0n) is 13.0. The van der Waals surface area contributed by atoms with Crippen molar-refractivity contribution >= 4 is 17.1 Å². The normalized spacial score (nSPS) is 10.9. The van der Waals surface area contributed by atoms with Crippen molar-refractivity contribution in [1.82, 2.24) is 4.98 Å². The summed E-state index contributed by atoms with van der Waals surface area (Å²) in [5.74, 6) is 1.40. The molecule has 4 heteroatoms. The Morgan fingerprint density at radius 2 is 2.14 bits per heavy atom. The maximum Gasteiger partial charge on any atom is 0.178 e. The van der Waals surface area contributed by atoms with Gasteiger partial charge in [-0.25, -0.2) is 4.98 Å². The standard InChI is InChI=1S/C17H21NO2S/c1-11(2)14-6-5-12(3)9-16(14)20-8-7-17-18-15(10-21-17)13(4)19/h5-6,9-11H,7-8H2,1-4H3. The molecule has 0 bridgehead atoms. The van der Waals surface area contributed by atoms with Gasteiger partial charge in [-0.05, 0) is 30.0 Å². The van der Waals surface area contributed by atoms with Crippen LogP contribution >= 0.6 is 11.3 Å². The molecule has 0 saturated heterocycles. The van der Waals surface area contributed by atoms with E-state index < -0.39 is 0 Å². The van der Waals surface area contributed by atoms with E-state index in [0.717, 1.165) is 17.2 Å². The number of aryl methyl sites for hydroxylation is 1. The smallest absolute Gasteiger partial charge is 0.178 e. The minimum absolute atomic E-state index is 0.0131. The molecule has 1 aromatic heterocycles. The van der Waals surface area contributed by atoms with Crippen LogP contribution in [0.25, 0.3) is 0 Å². The van der Waals surface area contributed by atoms with E-state index in [-0.39, 0.29) is 5.78 Å². The average molecular weight is 303 g/mol. The Morgan fingerprint density at radius 3 is 2.76 bits per heavy atom. The van der Waals surface area contributed by atoms with E-state index in [0.29, 0.717) is 18.2 Å². The molecule has 2 rings (SSSR count). The molecular formula is C17H21NO2S. The van der Waals surface area contributed by atoms with Crippen LogP contribution in [-0.4, -0.2) is 17.4 Å². The molecule has 2 aromatic rings. The maximum atomic E-state index is 11.2. The van der Waals surface area contributed by atoms with Gasteiger partial charge in [-0.15, -0.1) is 11.3 Å². The molecule has 0 aliphatic rings. The molecule has 0 saturated carbocycles. The van der Waals surface area contributed by atoms with Gasteiger partial charge in [0.1, 0.15) is 11.4 Å². The largest absolute Gasteiger partial charge is 0.493 e. The first-order valence-corrected chi connectivity index (χ1v) is 8.04. The summed E-state index contributed by atoms with van der Waals surface area (Å²) in [6.45, 7) is 8.51. The fraction of sp³-hybridized carbons (Fsp3) is 0.412. The van der Waals surface area contributed by atoms with Gasteiger partial charge >= 0.3 is 0 Å². The topological polar surface area (TPSA) is 39.2 Å². The number of aromatic nitrogens is 1. The van der Waals surface area contributed by atoms with Gasteiger partial charge < -0.3 is 4.74 Å². The van der Waals surface area contributed by atoms with E-state index in [1.54, 1.807) is 0 Å². The van der Waals surface area contributed by atoms with E-state index in [2.05, 4.69) is 44.0 Å². The highest BCUT2D eigenvalue weighted by atomic mass is 32.1. The number of ketones is 1. The predicted molar refractivity (Wildman–Crippen MR) is 86.6 cm³/mol. The molecule has 0 unspecified atom stereocenters. The second kappa shape index (κ2) is 6.85. The average Bonchev–Trinajstić information content (AvgIpc) is 2.87. The van der Waals surface area contributed by atoms with Gasteiger partial charge in [0, 0.05) is 18.7 Å². The monoisotopic (exact) mass is 303 g/mol. The van der Waals surface area contributed by atoms with Crippen molar-refractivity contribution in [2.24, 2.45) is 0 Å². The van der Waals surface area contributed by atoms with Crippen LogP contribution in [0.1, 0.15) is 53.3 Å². The Balaban J connectivity index is 1.99. The number of hydrogen-bond donors (Lipinski definition) is 0. The minimum atomic E-state index is 0.0131. The first kappa shape index (κ1) is 15.7. The Morgan fingerprint density at radius 1 is 1.38 bits per heavy atom. The van der Waals surface area contributed by atoms with Crippen molar-refractivity contribution < 1.29 is 9.53 Å². The van der Waals surface area contributed by atoms with Crippen molar-refractivity contribution in [1.29, 1.82) is 0 Å². The third-order valence-electron chi connectivity index (χ3n) is 3.28. The zero-order valence-corrected chi connectivity index (χ0v) is 13.8. The SMILES string of the molecule is CC(=O)c1csc(CCOc2cc(C)ccc2C(C)C)n1. The third kappa shape index (κ3) is 4.14. The maximum absolute atomic E-state index is 11.2. The Hall–Kier alpha value is -1.68. The van der Waals surface area contributed by atoms with Gasteiger partial charge in [0.05, 0.1) is 11.6 Å². The summed E-state index contributed by atoms with van der Waals surface area (Å²) in [6.07, 6.45) is 0.726. The Bertz CT molecular complexity index is 631. The van der Waals surface area contributed by atoms with Crippen LogP contribution in [-0.2, 0) is 6.42 Å². The van der Waals surface area contributed by atoms with E-state index >= 15 is 0 Å². The molecule has 1 heterocycles. The molecule has 0 fully saturated rings. The Labute approximate surface area is 130 Å². The predicted octanol–water partition coefficient (Wildman–Crippen LogP) is 4.40. The fourth-order valence-corrected chi connectivity index (χ4v) is 2.90. The van der Waals surface area contributed by atoms with Crippen molar-refractivity contribution in [3.05, 3.63) is 45.4 Å². The van der Waals surface area contributed by atoms with Gasteiger partial charge in [-0.3, -0.25) is 4.79 Å². The second-order valence-electron chi connectivity index (χ2n) is 5.48. The molecule has 0 atom stereocenters. The number of carbonyl (C=O) groups is 1. The van der Waals surface area contributed by atoms with Gasteiger partial charge in [0.15, 0.2) is 5.78 Å². The number of benzene rings is 1. The lowest BCUT2D eigenvalue weighted by molar-refractivity contribution is 0.101. The summed E-state index contributed by atoms with van der Waals surface area (Å²) < 4.78 is 5.93. The van der Waals surface area contributed by atoms with Crippen molar-refractivity contribution in [3.8, 4) is 5.75 Å². The second-order valence-corrected chi connectivity index (χ2v) is 6.42. The van der Waals surface area contributed by atoms with Crippen molar-refractivity contribution in [3.63, 3.8) is 0 Å². The van der Waals surface area contributed by atoms with E-state index in [4.69, 9.17) is 4.74 Å². The number of nitrogens with zero attached hydrogens (tertiary/aromatic N) is 1. The van der Waals surface area contributed by atoms with Crippen LogP contribution < -0.4 is 4.74 Å². The van der Waals surface area contributed by atoms with Crippen LogP contribution in [0.3, 0.4) is 0 Å². The van der Waals surface area contributed by atoms with Gasteiger partial charge in [0.25, 0.3) is 0 Å². The summed E-state index contributed by atoms with van der Waals surface area (Å²) in [6, 6.07) is 6.33. The fourth-order valence-electron chi connectivity index (χ4n) is 2.08. The van der Waals surface area contributed by atoms with E-state index in [1.165, 1.54) is 29.4 Å². The van der Waals surface area contributed by atoms with Crippen LogP contribution in [0.15, 0.2) is 23.6 Å². The van der Waals surface area contributed by atoms with Gasteiger partial charge in [0.2, 0.25) is 0 Å². The number of hydrogen-bond acceptors (Lipinski definition) is 4. The number of thiazole rings is 1. The number of Topliss-reactive ketones (excluding diaryl/α,β-unsaturated/α-hetero) is 1. The Kier molecular flexibility index (Phi) is 5.12. The minimum Gasteiger partial charge on any atom is -0.493 e. The van der Waals surface area contributed by atoms with E-state index in [9.17, 15) is 4.79 Å². The van der Waals surface area contributed by atoms with E-state index in [1.807, 2.05) is 5.38 Å². The van der Waals surface area contributed by atoms with Gasteiger partial charge in [-0.2, -0.15) is 0 Å². The molecule has 0 radical (unpaired) electrons. The molecule has 1 aromatic carbocycles. The molecule has 0 aliphatic heterocycles. The lowest BCUT2D eigenvalue weighted by Gasteiger charge is -2.14. The first-order valence-electron chi connectivity index (χ1n) is 7.16. The zero-order chi connectivity index (χ0) is 15.4. The lowest BCUT2D eigenvalue weighted by atomic mass is 10.0. The highest BCUT2D eigenvalue weighted by Gasteiger charge is 2.09. The third-order valence-corrected chi connectivity index (χ3v) is 4.19. The van der Waals surface area contributed by atoms with Crippen molar-refractivity contribution in [2.45, 2.75) is 40.0 Å². The van der Waals surface area contributed by atoms with Crippen LogP contribution in [0.5, 0.6) is 5.75 Å².